The first-order valence-electron chi connectivity index (χ1n) is 6.28. The Morgan fingerprint density at radius 1 is 0.900 bits per heavy atom. The van der Waals surface area contributed by atoms with Gasteiger partial charge in [-0.3, -0.25) is 4.79 Å². The fourth-order valence-corrected chi connectivity index (χ4v) is 2.27. The molecule has 0 N–H and O–H groups in total. The average Bonchev–Trinajstić information content (AvgIpc) is 2.53. The van der Waals surface area contributed by atoms with E-state index in [9.17, 15) is 4.79 Å². The first-order chi connectivity index (χ1) is 9.68. The molecule has 0 heterocycles. The molecule has 102 valence electrons. The molecule has 0 aliphatic rings. The van der Waals surface area contributed by atoms with Crippen LogP contribution in [0.3, 0.4) is 0 Å². The van der Waals surface area contributed by atoms with Crippen molar-refractivity contribution >= 4 is 35.1 Å². The van der Waals surface area contributed by atoms with E-state index >= 15 is 0 Å². The van der Waals surface area contributed by atoms with Crippen LogP contribution in [0.25, 0.3) is 6.08 Å². The van der Waals surface area contributed by atoms with Crippen molar-refractivity contribution < 1.29 is 4.79 Å². The van der Waals surface area contributed by atoms with Crippen LogP contribution in [0.2, 0.25) is 0 Å². The Balaban J connectivity index is 2.04. The number of benzene rings is 2. The van der Waals surface area contributed by atoms with E-state index in [2.05, 4.69) is 0 Å². The number of ketones is 1. The first-order valence-corrected chi connectivity index (χ1v) is 7.16. The van der Waals surface area contributed by atoms with Gasteiger partial charge in [-0.15, -0.1) is 23.2 Å². The molecule has 0 radical (unpaired) electrons. The third kappa shape index (κ3) is 3.96. The van der Waals surface area contributed by atoms with E-state index in [1.54, 1.807) is 6.08 Å². The van der Waals surface area contributed by atoms with E-state index in [1.165, 1.54) is 6.08 Å². The van der Waals surface area contributed by atoms with Gasteiger partial charge in [0.05, 0.1) is 5.38 Å². The molecule has 3 heteroatoms. The van der Waals surface area contributed by atoms with Crippen molar-refractivity contribution in [3.8, 4) is 0 Å². The van der Waals surface area contributed by atoms with Crippen LogP contribution in [-0.2, 0) is 4.79 Å². The summed E-state index contributed by atoms with van der Waals surface area (Å²) in [5, 5.41) is -1.31. The highest BCUT2D eigenvalue weighted by atomic mass is 35.5. The zero-order chi connectivity index (χ0) is 14.4. The van der Waals surface area contributed by atoms with Gasteiger partial charge in [-0.2, -0.15) is 0 Å². The second kappa shape index (κ2) is 7.28. The molecular weight excluding hydrogens is 291 g/mol. The van der Waals surface area contributed by atoms with Gasteiger partial charge in [0, 0.05) is 0 Å². The van der Waals surface area contributed by atoms with Crippen molar-refractivity contribution in [2.75, 3.05) is 0 Å². The van der Waals surface area contributed by atoms with Crippen LogP contribution in [0.5, 0.6) is 0 Å². The lowest BCUT2D eigenvalue weighted by atomic mass is 10.1. The Kier molecular flexibility index (Phi) is 5.40. The monoisotopic (exact) mass is 304 g/mol. The Morgan fingerprint density at radius 3 is 2.05 bits per heavy atom. The van der Waals surface area contributed by atoms with E-state index in [4.69, 9.17) is 23.2 Å². The minimum absolute atomic E-state index is 0.195. The summed E-state index contributed by atoms with van der Waals surface area (Å²) in [7, 11) is 0. The Morgan fingerprint density at radius 2 is 1.45 bits per heavy atom. The summed E-state index contributed by atoms with van der Waals surface area (Å²) in [4.78, 5) is 12.0. The number of rotatable bonds is 5. The van der Waals surface area contributed by atoms with Crippen LogP contribution in [0, 0.1) is 0 Å². The van der Waals surface area contributed by atoms with Crippen LogP contribution in [0.4, 0.5) is 0 Å². The van der Waals surface area contributed by atoms with Gasteiger partial charge >= 0.3 is 0 Å². The topological polar surface area (TPSA) is 17.1 Å². The highest BCUT2D eigenvalue weighted by Crippen LogP contribution is 2.28. The van der Waals surface area contributed by atoms with E-state index in [-0.39, 0.29) is 5.78 Å². The summed E-state index contributed by atoms with van der Waals surface area (Å²) in [5.41, 5.74) is 1.80. The van der Waals surface area contributed by atoms with Gasteiger partial charge in [-0.1, -0.05) is 66.7 Å². The minimum atomic E-state index is -0.779. The summed E-state index contributed by atoms with van der Waals surface area (Å²) in [5.74, 6) is -0.195. The maximum Gasteiger partial charge on any atom is 0.175 e. The van der Waals surface area contributed by atoms with E-state index in [0.717, 1.165) is 11.1 Å². The van der Waals surface area contributed by atoms with Gasteiger partial charge in [-0.05, 0) is 17.2 Å². The second-order valence-electron chi connectivity index (χ2n) is 4.36. The van der Waals surface area contributed by atoms with Crippen molar-refractivity contribution in [1.82, 2.24) is 0 Å². The molecule has 0 spiro atoms. The number of carbonyl (C=O) groups excluding carboxylic acids is 1. The number of alkyl halides is 2. The quantitative estimate of drug-likeness (QED) is 0.569. The Hall–Kier alpha value is -1.57. The molecule has 0 amide bonds. The molecule has 0 aliphatic carbocycles. The molecule has 0 fully saturated rings. The van der Waals surface area contributed by atoms with E-state index in [0.29, 0.717) is 0 Å². The molecule has 2 aromatic rings. The largest absolute Gasteiger partial charge is 0.293 e. The maximum atomic E-state index is 12.0. The number of carbonyl (C=O) groups is 1. The van der Waals surface area contributed by atoms with Gasteiger partial charge in [-0.25, -0.2) is 0 Å². The minimum Gasteiger partial charge on any atom is -0.293 e. The Bertz CT molecular complexity index is 578. The lowest BCUT2D eigenvalue weighted by Gasteiger charge is -2.13. The molecule has 0 saturated heterocycles. The number of hydrogen-bond acceptors (Lipinski definition) is 1. The third-order valence-corrected chi connectivity index (χ3v) is 3.99. The zero-order valence-corrected chi connectivity index (χ0v) is 12.3. The molecule has 2 aromatic carbocycles. The highest BCUT2D eigenvalue weighted by molar-refractivity contribution is 6.39. The van der Waals surface area contributed by atoms with Crippen molar-refractivity contribution in [2.24, 2.45) is 0 Å². The molecule has 2 rings (SSSR count). The van der Waals surface area contributed by atoms with Crippen molar-refractivity contribution in [3.63, 3.8) is 0 Å². The van der Waals surface area contributed by atoms with Gasteiger partial charge in [0.25, 0.3) is 0 Å². The molecular formula is C17H14Cl2O. The summed E-state index contributed by atoms with van der Waals surface area (Å²) in [6.07, 6.45) is 3.22. The van der Waals surface area contributed by atoms with E-state index < -0.39 is 10.8 Å². The zero-order valence-electron chi connectivity index (χ0n) is 10.7. The molecule has 0 saturated carbocycles. The standard InChI is InChI=1S/C17H14Cl2O/c18-16(14-9-5-2-6-10-14)17(19)15(20)12-11-13-7-3-1-4-8-13/h1-12,16-17H/b12-11+/t16-,17+/m1/s1. The molecule has 0 aliphatic heterocycles. The maximum absolute atomic E-state index is 12.0. The molecule has 0 unspecified atom stereocenters. The summed E-state index contributed by atoms with van der Waals surface area (Å²) >= 11 is 12.4. The molecule has 1 nitrogen and oxygen atoms in total. The van der Waals surface area contributed by atoms with Crippen LogP contribution in [0.15, 0.2) is 66.7 Å². The average molecular weight is 305 g/mol. The predicted octanol–water partition coefficient (Wildman–Crippen LogP) is 4.86. The van der Waals surface area contributed by atoms with Crippen LogP contribution < -0.4 is 0 Å². The van der Waals surface area contributed by atoms with E-state index in [1.807, 2.05) is 60.7 Å². The third-order valence-electron chi connectivity index (χ3n) is 2.89. The fourth-order valence-electron chi connectivity index (χ4n) is 1.78. The summed E-state index contributed by atoms with van der Waals surface area (Å²) < 4.78 is 0. The fraction of sp³-hybridized carbons (Fsp3) is 0.118. The number of halogens is 2. The van der Waals surface area contributed by atoms with Crippen molar-refractivity contribution in [1.29, 1.82) is 0 Å². The van der Waals surface area contributed by atoms with Gasteiger partial charge in [0.2, 0.25) is 0 Å². The first kappa shape index (κ1) is 14.8. The number of allylic oxidation sites excluding steroid dienone is 1. The van der Waals surface area contributed by atoms with Crippen LogP contribution in [0.1, 0.15) is 16.5 Å². The van der Waals surface area contributed by atoms with Gasteiger partial charge in [0.1, 0.15) is 5.38 Å². The van der Waals surface area contributed by atoms with Crippen molar-refractivity contribution in [3.05, 3.63) is 77.9 Å². The van der Waals surface area contributed by atoms with Gasteiger partial charge in [0.15, 0.2) is 5.78 Å². The van der Waals surface area contributed by atoms with Crippen LogP contribution >= 0.6 is 23.2 Å². The Labute approximate surface area is 128 Å². The smallest absolute Gasteiger partial charge is 0.175 e. The number of hydrogen-bond donors (Lipinski definition) is 0. The normalized spacial score (nSPS) is 14.1. The second-order valence-corrected chi connectivity index (χ2v) is 5.30. The highest BCUT2D eigenvalue weighted by Gasteiger charge is 2.23. The predicted molar refractivity (Wildman–Crippen MR) is 85.2 cm³/mol. The molecule has 2 atom stereocenters. The summed E-state index contributed by atoms with van der Waals surface area (Å²) in [6, 6.07) is 19.0. The van der Waals surface area contributed by atoms with Gasteiger partial charge < -0.3 is 0 Å². The lowest BCUT2D eigenvalue weighted by Crippen LogP contribution is -2.17. The molecule has 20 heavy (non-hydrogen) atoms. The lowest BCUT2D eigenvalue weighted by molar-refractivity contribution is -0.114. The molecule has 0 aromatic heterocycles. The molecule has 0 bridgehead atoms. The van der Waals surface area contributed by atoms with Crippen LogP contribution in [-0.4, -0.2) is 11.2 Å². The van der Waals surface area contributed by atoms with Crippen molar-refractivity contribution in [2.45, 2.75) is 10.8 Å². The SMILES string of the molecule is O=C(/C=C/c1ccccc1)[C@H](Cl)[C@H](Cl)c1ccccc1. The summed E-state index contributed by atoms with van der Waals surface area (Å²) in [6.45, 7) is 0.